The number of carbonyl (C=O) groups excluding carboxylic acids is 2. The third-order valence-electron chi connectivity index (χ3n) is 4.54. The molecule has 2 aromatic heterocycles. The van der Waals surface area contributed by atoms with Crippen molar-refractivity contribution in [2.45, 2.75) is 13.3 Å². The highest BCUT2D eigenvalue weighted by molar-refractivity contribution is 6.03. The molecular weight excluding hydrogens is 402 g/mol. The van der Waals surface area contributed by atoms with Crippen molar-refractivity contribution in [3.63, 3.8) is 0 Å². The van der Waals surface area contributed by atoms with E-state index in [9.17, 15) is 14.4 Å². The van der Waals surface area contributed by atoms with Gasteiger partial charge in [-0.1, -0.05) is 12.1 Å². The van der Waals surface area contributed by atoms with Gasteiger partial charge in [-0.3, -0.25) is 19.5 Å². The molecule has 9 nitrogen and oxygen atoms in total. The van der Waals surface area contributed by atoms with Gasteiger partial charge in [0.2, 0.25) is 0 Å². The number of amides is 1. The molecule has 0 aliphatic rings. The Bertz CT molecular complexity index is 1170. The standard InChI is InChI=1S/C22H23N3O6/c1-14(26)30-11-6-12-31-16-8-4-7-15(13-16)18-17-9-5-10-23-20(17)25(2)21(27)19(18)24-22(28)29-3/h4-5,7-10,13H,6,11-12H2,1-3H3,(H,24,28). The van der Waals surface area contributed by atoms with Crippen LogP contribution in [0, 0.1) is 0 Å². The number of pyridine rings is 2. The van der Waals surface area contributed by atoms with Crippen LogP contribution in [0.4, 0.5) is 10.5 Å². The van der Waals surface area contributed by atoms with E-state index >= 15 is 0 Å². The molecule has 0 spiro atoms. The lowest BCUT2D eigenvalue weighted by atomic mass is 10.00. The van der Waals surface area contributed by atoms with Crippen LogP contribution in [0.3, 0.4) is 0 Å². The second kappa shape index (κ2) is 9.75. The number of esters is 1. The van der Waals surface area contributed by atoms with Gasteiger partial charge >= 0.3 is 12.1 Å². The van der Waals surface area contributed by atoms with Crippen molar-refractivity contribution < 1.29 is 23.8 Å². The second-order valence-corrected chi connectivity index (χ2v) is 6.68. The first-order valence-electron chi connectivity index (χ1n) is 9.61. The maximum atomic E-state index is 13.0. The number of fused-ring (bicyclic) bond motifs is 1. The summed E-state index contributed by atoms with van der Waals surface area (Å²) in [5, 5.41) is 3.22. The van der Waals surface area contributed by atoms with Gasteiger partial charge in [0.25, 0.3) is 5.56 Å². The number of aryl methyl sites for hydroxylation is 1. The number of ether oxygens (including phenoxy) is 3. The average molecular weight is 425 g/mol. The van der Waals surface area contributed by atoms with Crippen LogP contribution in [0.1, 0.15) is 13.3 Å². The summed E-state index contributed by atoms with van der Waals surface area (Å²) in [5.41, 5.74) is 1.33. The van der Waals surface area contributed by atoms with E-state index in [1.807, 2.05) is 12.1 Å². The van der Waals surface area contributed by atoms with Gasteiger partial charge in [-0.2, -0.15) is 0 Å². The number of anilines is 1. The molecular formula is C22H23N3O6. The summed E-state index contributed by atoms with van der Waals surface area (Å²) in [6.07, 6.45) is 1.39. The number of nitrogens with zero attached hydrogens (tertiary/aromatic N) is 2. The smallest absolute Gasteiger partial charge is 0.411 e. The van der Waals surface area contributed by atoms with Crippen molar-refractivity contribution in [3.8, 4) is 16.9 Å². The number of carbonyl (C=O) groups is 2. The van der Waals surface area contributed by atoms with Crippen LogP contribution in [0.15, 0.2) is 47.4 Å². The Morgan fingerprint density at radius 1 is 1.16 bits per heavy atom. The number of rotatable bonds is 7. The van der Waals surface area contributed by atoms with E-state index in [2.05, 4.69) is 10.3 Å². The van der Waals surface area contributed by atoms with Gasteiger partial charge in [-0.25, -0.2) is 9.78 Å². The maximum absolute atomic E-state index is 13.0. The number of hydrogen-bond donors (Lipinski definition) is 1. The first kappa shape index (κ1) is 21.8. The molecule has 1 N–H and O–H groups in total. The third-order valence-corrected chi connectivity index (χ3v) is 4.54. The Morgan fingerprint density at radius 3 is 2.71 bits per heavy atom. The van der Waals surface area contributed by atoms with Crippen LogP contribution in [-0.2, 0) is 21.3 Å². The Labute approximate surface area is 178 Å². The van der Waals surface area contributed by atoms with Crippen molar-refractivity contribution >= 4 is 28.8 Å². The van der Waals surface area contributed by atoms with E-state index in [1.54, 1.807) is 37.5 Å². The van der Waals surface area contributed by atoms with Gasteiger partial charge in [0.05, 0.1) is 20.3 Å². The molecule has 0 fully saturated rings. The molecule has 0 bridgehead atoms. The molecule has 0 radical (unpaired) electrons. The second-order valence-electron chi connectivity index (χ2n) is 6.68. The molecule has 0 aliphatic carbocycles. The van der Waals surface area contributed by atoms with E-state index in [0.717, 1.165) is 0 Å². The van der Waals surface area contributed by atoms with Crippen molar-refractivity contribution in [3.05, 3.63) is 52.9 Å². The Morgan fingerprint density at radius 2 is 1.97 bits per heavy atom. The number of nitrogens with one attached hydrogen (secondary N) is 1. The van der Waals surface area contributed by atoms with Gasteiger partial charge < -0.3 is 14.2 Å². The molecule has 1 amide bonds. The summed E-state index contributed by atoms with van der Waals surface area (Å²) in [6, 6.07) is 10.7. The molecule has 2 heterocycles. The van der Waals surface area contributed by atoms with E-state index < -0.39 is 11.7 Å². The molecule has 31 heavy (non-hydrogen) atoms. The van der Waals surface area contributed by atoms with Crippen molar-refractivity contribution in [2.24, 2.45) is 7.05 Å². The lowest BCUT2D eigenvalue weighted by molar-refractivity contribution is -0.141. The quantitative estimate of drug-likeness (QED) is 0.458. The van der Waals surface area contributed by atoms with Gasteiger partial charge in [0.15, 0.2) is 0 Å². The number of hydrogen-bond acceptors (Lipinski definition) is 7. The number of benzene rings is 1. The molecule has 162 valence electrons. The van der Waals surface area contributed by atoms with Gasteiger partial charge in [0.1, 0.15) is 17.1 Å². The predicted molar refractivity (Wildman–Crippen MR) is 115 cm³/mol. The highest BCUT2D eigenvalue weighted by atomic mass is 16.5. The van der Waals surface area contributed by atoms with Gasteiger partial charge in [-0.05, 0) is 29.8 Å². The van der Waals surface area contributed by atoms with Crippen LogP contribution in [-0.4, -0.2) is 41.9 Å². The third kappa shape index (κ3) is 5.00. The van der Waals surface area contributed by atoms with E-state index in [1.165, 1.54) is 18.6 Å². The molecule has 3 rings (SSSR count). The van der Waals surface area contributed by atoms with E-state index in [-0.39, 0.29) is 18.3 Å². The molecule has 0 unspecified atom stereocenters. The van der Waals surface area contributed by atoms with Crippen molar-refractivity contribution in [2.75, 3.05) is 25.6 Å². The van der Waals surface area contributed by atoms with Gasteiger partial charge in [0, 0.05) is 37.5 Å². The van der Waals surface area contributed by atoms with Crippen LogP contribution in [0.2, 0.25) is 0 Å². The monoisotopic (exact) mass is 425 g/mol. The first-order valence-corrected chi connectivity index (χ1v) is 9.61. The number of aromatic nitrogens is 2. The molecule has 1 aromatic carbocycles. The van der Waals surface area contributed by atoms with Crippen LogP contribution < -0.4 is 15.6 Å². The highest BCUT2D eigenvalue weighted by Gasteiger charge is 2.20. The molecule has 3 aromatic rings. The zero-order chi connectivity index (χ0) is 22.4. The molecule has 0 saturated heterocycles. The van der Waals surface area contributed by atoms with Gasteiger partial charge in [-0.15, -0.1) is 0 Å². The summed E-state index contributed by atoms with van der Waals surface area (Å²) < 4.78 is 16.7. The summed E-state index contributed by atoms with van der Waals surface area (Å²) >= 11 is 0. The fourth-order valence-electron chi connectivity index (χ4n) is 3.14. The zero-order valence-electron chi connectivity index (χ0n) is 17.5. The Balaban J connectivity index is 2.02. The minimum Gasteiger partial charge on any atom is -0.493 e. The van der Waals surface area contributed by atoms with Crippen LogP contribution in [0.5, 0.6) is 5.75 Å². The summed E-state index contributed by atoms with van der Waals surface area (Å²) in [5.74, 6) is 0.237. The summed E-state index contributed by atoms with van der Waals surface area (Å²) in [7, 11) is 2.82. The largest absolute Gasteiger partial charge is 0.493 e. The topological polar surface area (TPSA) is 109 Å². The molecule has 0 atom stereocenters. The fraction of sp³-hybridized carbons (Fsp3) is 0.273. The minimum absolute atomic E-state index is 0.0851. The van der Waals surface area contributed by atoms with Crippen molar-refractivity contribution in [1.82, 2.24) is 9.55 Å². The minimum atomic E-state index is -0.750. The fourth-order valence-corrected chi connectivity index (χ4v) is 3.14. The lowest BCUT2D eigenvalue weighted by Gasteiger charge is -2.16. The van der Waals surface area contributed by atoms with Crippen LogP contribution in [0.25, 0.3) is 22.2 Å². The summed E-state index contributed by atoms with van der Waals surface area (Å²) in [4.78, 5) is 40.1. The van der Waals surface area contributed by atoms with Crippen LogP contribution >= 0.6 is 0 Å². The predicted octanol–water partition coefficient (Wildman–Crippen LogP) is 3.11. The zero-order valence-corrected chi connectivity index (χ0v) is 17.5. The molecule has 9 heteroatoms. The molecule has 0 saturated carbocycles. The normalized spacial score (nSPS) is 10.5. The Kier molecular flexibility index (Phi) is 6.86. The number of methoxy groups -OCH3 is 1. The molecule has 0 aliphatic heterocycles. The lowest BCUT2D eigenvalue weighted by Crippen LogP contribution is -2.26. The van der Waals surface area contributed by atoms with Crippen molar-refractivity contribution in [1.29, 1.82) is 0 Å². The van der Waals surface area contributed by atoms with E-state index in [0.29, 0.717) is 40.9 Å². The SMILES string of the molecule is COC(=O)Nc1c(-c2cccc(OCCCOC(C)=O)c2)c2cccnc2n(C)c1=O. The highest BCUT2D eigenvalue weighted by Crippen LogP contribution is 2.34. The summed E-state index contributed by atoms with van der Waals surface area (Å²) in [6.45, 7) is 1.98. The average Bonchev–Trinajstić information content (AvgIpc) is 2.77. The van der Waals surface area contributed by atoms with E-state index in [4.69, 9.17) is 14.2 Å². The maximum Gasteiger partial charge on any atom is 0.411 e. The Hall–Kier alpha value is -3.88. The first-order chi connectivity index (χ1) is 14.9.